The predicted octanol–water partition coefficient (Wildman–Crippen LogP) is 2.59. The van der Waals surface area contributed by atoms with Gasteiger partial charge in [-0.2, -0.15) is 0 Å². The van der Waals surface area contributed by atoms with Gasteiger partial charge in [0.05, 0.1) is 5.92 Å². The number of ketones is 1. The molecule has 1 heterocycles. The van der Waals surface area contributed by atoms with Crippen LogP contribution in [0.15, 0.2) is 34.4 Å². The first-order valence-corrected chi connectivity index (χ1v) is 9.64. The van der Waals surface area contributed by atoms with E-state index < -0.39 is 47.6 Å². The zero-order valence-electron chi connectivity index (χ0n) is 17.5. The van der Waals surface area contributed by atoms with E-state index in [4.69, 9.17) is 14.2 Å². The number of carbonyl (C=O) groups excluding carboxylic acids is 4. The van der Waals surface area contributed by atoms with Gasteiger partial charge in [0.25, 0.3) is 0 Å². The number of hydrogen-bond donors (Lipinski definition) is 0. The average Bonchev–Trinajstić information content (AvgIpc) is 2.93. The molecule has 29 heavy (non-hydrogen) atoms. The molecule has 1 aliphatic heterocycles. The standard InChI is InChI=1S/C22H26O7/c1-10(2)7-16(25)27-15-9-12(4)17-14(24)8-11(3)18(17)20-19(15)22(6,21(26)28-20)29-13(5)23/h7-8,15,18-20H,9H2,1-6H3/t15-,18-,19+,20+,22?/m0/s1. The van der Waals surface area contributed by atoms with Crippen LogP contribution < -0.4 is 0 Å². The van der Waals surface area contributed by atoms with Crippen LogP contribution in [-0.4, -0.2) is 41.5 Å². The maximum atomic E-state index is 12.8. The van der Waals surface area contributed by atoms with Gasteiger partial charge in [0.2, 0.25) is 5.60 Å². The van der Waals surface area contributed by atoms with Gasteiger partial charge in [0, 0.05) is 30.9 Å². The van der Waals surface area contributed by atoms with Crippen molar-refractivity contribution in [2.45, 2.75) is 65.8 Å². The number of hydrogen-bond acceptors (Lipinski definition) is 7. The SMILES string of the molecule is CC(=O)OC1(C)C(=O)O[C@@H]2[C@H]3C(C)=CC(=O)C3=C(C)C[C@H](OC(=O)C=C(C)C)[C@H]21. The third-order valence-corrected chi connectivity index (χ3v) is 5.79. The lowest BCUT2D eigenvalue weighted by atomic mass is 9.77. The molecule has 0 aromatic rings. The Morgan fingerprint density at radius 1 is 1.21 bits per heavy atom. The van der Waals surface area contributed by atoms with E-state index in [0.29, 0.717) is 5.57 Å². The van der Waals surface area contributed by atoms with E-state index >= 15 is 0 Å². The van der Waals surface area contributed by atoms with Crippen LogP contribution in [0, 0.1) is 11.8 Å². The Hall–Kier alpha value is -2.70. The summed E-state index contributed by atoms with van der Waals surface area (Å²) in [4.78, 5) is 49.6. The Kier molecular flexibility index (Phi) is 5.28. The van der Waals surface area contributed by atoms with E-state index in [9.17, 15) is 19.2 Å². The molecule has 156 valence electrons. The maximum absolute atomic E-state index is 12.8. The van der Waals surface area contributed by atoms with Gasteiger partial charge < -0.3 is 14.2 Å². The smallest absolute Gasteiger partial charge is 0.351 e. The molecule has 0 bridgehead atoms. The van der Waals surface area contributed by atoms with E-state index in [-0.39, 0.29) is 12.2 Å². The second kappa shape index (κ2) is 7.28. The van der Waals surface area contributed by atoms with Crippen molar-refractivity contribution in [2.24, 2.45) is 11.8 Å². The molecule has 7 nitrogen and oxygen atoms in total. The lowest BCUT2D eigenvalue weighted by Crippen LogP contribution is -2.50. The van der Waals surface area contributed by atoms with Gasteiger partial charge in [-0.25, -0.2) is 9.59 Å². The van der Waals surface area contributed by atoms with E-state index in [1.807, 2.05) is 13.8 Å². The molecule has 5 atom stereocenters. The van der Waals surface area contributed by atoms with Crippen molar-refractivity contribution in [3.8, 4) is 0 Å². The molecule has 0 radical (unpaired) electrons. The minimum absolute atomic E-state index is 0.128. The highest BCUT2D eigenvalue weighted by atomic mass is 16.6. The quantitative estimate of drug-likeness (QED) is 0.407. The van der Waals surface area contributed by atoms with Crippen LogP contribution in [0.4, 0.5) is 0 Å². The fraction of sp³-hybridized carbons (Fsp3) is 0.545. The van der Waals surface area contributed by atoms with Gasteiger partial charge in [0.1, 0.15) is 12.2 Å². The number of rotatable bonds is 3. The second-order valence-corrected chi connectivity index (χ2v) is 8.42. The molecule has 2 aliphatic carbocycles. The first-order chi connectivity index (χ1) is 13.5. The molecule has 1 saturated heterocycles. The summed E-state index contributed by atoms with van der Waals surface area (Å²) in [6.07, 6.45) is 1.59. The van der Waals surface area contributed by atoms with Gasteiger partial charge in [-0.3, -0.25) is 9.59 Å². The molecular formula is C22H26O7. The van der Waals surface area contributed by atoms with E-state index in [1.54, 1.807) is 19.9 Å². The summed E-state index contributed by atoms with van der Waals surface area (Å²) in [5.41, 5.74) is 1.27. The third kappa shape index (κ3) is 3.54. The van der Waals surface area contributed by atoms with Crippen molar-refractivity contribution in [1.29, 1.82) is 0 Å². The summed E-state index contributed by atoms with van der Waals surface area (Å²) in [6.45, 7) is 9.87. The van der Waals surface area contributed by atoms with Gasteiger partial charge >= 0.3 is 17.9 Å². The minimum atomic E-state index is -1.62. The van der Waals surface area contributed by atoms with Crippen molar-refractivity contribution in [3.63, 3.8) is 0 Å². The highest BCUT2D eigenvalue weighted by molar-refractivity contribution is 6.09. The summed E-state index contributed by atoms with van der Waals surface area (Å²) in [6, 6.07) is 0. The molecule has 1 unspecified atom stereocenters. The van der Waals surface area contributed by atoms with Crippen LogP contribution >= 0.6 is 0 Å². The molecule has 0 aromatic carbocycles. The third-order valence-electron chi connectivity index (χ3n) is 5.79. The van der Waals surface area contributed by atoms with Crippen molar-refractivity contribution in [2.75, 3.05) is 0 Å². The van der Waals surface area contributed by atoms with E-state index in [1.165, 1.54) is 19.9 Å². The Morgan fingerprint density at radius 3 is 2.45 bits per heavy atom. The van der Waals surface area contributed by atoms with Crippen LogP contribution in [0.3, 0.4) is 0 Å². The Labute approximate surface area is 169 Å². The molecular weight excluding hydrogens is 376 g/mol. The van der Waals surface area contributed by atoms with Crippen molar-refractivity contribution in [1.82, 2.24) is 0 Å². The fourth-order valence-corrected chi connectivity index (χ4v) is 4.74. The maximum Gasteiger partial charge on any atom is 0.351 e. The second-order valence-electron chi connectivity index (χ2n) is 8.42. The van der Waals surface area contributed by atoms with Crippen LogP contribution in [-0.2, 0) is 33.4 Å². The molecule has 0 spiro atoms. The van der Waals surface area contributed by atoms with Crippen molar-refractivity contribution < 1.29 is 33.4 Å². The highest BCUT2D eigenvalue weighted by Gasteiger charge is 2.64. The van der Waals surface area contributed by atoms with Crippen molar-refractivity contribution in [3.05, 3.63) is 34.4 Å². The van der Waals surface area contributed by atoms with E-state index in [2.05, 4.69) is 0 Å². The molecule has 3 rings (SSSR count). The van der Waals surface area contributed by atoms with E-state index in [0.717, 1.165) is 16.7 Å². The highest BCUT2D eigenvalue weighted by Crippen LogP contribution is 2.51. The zero-order valence-corrected chi connectivity index (χ0v) is 17.5. The summed E-state index contributed by atoms with van der Waals surface area (Å²) in [5.74, 6) is -3.21. The summed E-state index contributed by atoms with van der Waals surface area (Å²) in [5, 5.41) is 0. The van der Waals surface area contributed by atoms with Crippen LogP contribution in [0.2, 0.25) is 0 Å². The number of esters is 3. The number of carbonyl (C=O) groups is 4. The van der Waals surface area contributed by atoms with Crippen LogP contribution in [0.5, 0.6) is 0 Å². The first kappa shape index (κ1) is 21.0. The molecule has 0 N–H and O–H groups in total. The first-order valence-electron chi connectivity index (χ1n) is 9.64. The number of allylic oxidation sites excluding steroid dienone is 2. The van der Waals surface area contributed by atoms with Gasteiger partial charge in [-0.05, 0) is 40.7 Å². The molecule has 0 amide bonds. The minimum Gasteiger partial charge on any atom is -0.458 e. The number of fused-ring (bicyclic) bond motifs is 3. The average molecular weight is 402 g/mol. The summed E-state index contributed by atoms with van der Waals surface area (Å²) < 4.78 is 16.8. The molecule has 3 aliphatic rings. The lowest BCUT2D eigenvalue weighted by molar-refractivity contribution is -0.176. The van der Waals surface area contributed by atoms with Crippen molar-refractivity contribution >= 4 is 23.7 Å². The monoisotopic (exact) mass is 402 g/mol. The Bertz CT molecular complexity index is 887. The van der Waals surface area contributed by atoms with Gasteiger partial charge in [-0.15, -0.1) is 0 Å². The Balaban J connectivity index is 2.11. The lowest BCUT2D eigenvalue weighted by Gasteiger charge is -2.34. The zero-order chi connectivity index (χ0) is 21.7. The predicted molar refractivity (Wildman–Crippen MR) is 102 cm³/mol. The summed E-state index contributed by atoms with van der Waals surface area (Å²) >= 11 is 0. The molecule has 0 aromatic heterocycles. The molecule has 1 fully saturated rings. The van der Waals surface area contributed by atoms with Gasteiger partial charge in [-0.1, -0.05) is 16.7 Å². The fourth-order valence-electron chi connectivity index (χ4n) is 4.74. The molecule has 7 heteroatoms. The van der Waals surface area contributed by atoms with Crippen LogP contribution in [0.25, 0.3) is 0 Å². The normalized spacial score (nSPS) is 33.2. The van der Waals surface area contributed by atoms with Crippen LogP contribution in [0.1, 0.15) is 48.0 Å². The summed E-state index contributed by atoms with van der Waals surface area (Å²) in [7, 11) is 0. The topological polar surface area (TPSA) is 96.0 Å². The Morgan fingerprint density at radius 2 is 1.86 bits per heavy atom. The van der Waals surface area contributed by atoms with Gasteiger partial charge in [0.15, 0.2) is 5.78 Å². The molecule has 0 saturated carbocycles. The number of ether oxygens (including phenoxy) is 3. The largest absolute Gasteiger partial charge is 0.458 e.